The Hall–Kier alpha value is -3.02. The van der Waals surface area contributed by atoms with Gasteiger partial charge in [-0.3, -0.25) is 14.4 Å². The summed E-state index contributed by atoms with van der Waals surface area (Å²) in [6.45, 7) is 5.09. The monoisotopic (exact) mass is 493 g/mol. The molecule has 35 heavy (non-hydrogen) atoms. The molecule has 0 heterocycles. The van der Waals surface area contributed by atoms with Crippen molar-refractivity contribution in [2.75, 3.05) is 6.54 Å². The van der Waals surface area contributed by atoms with Gasteiger partial charge in [-0.05, 0) is 44.2 Å². The average Bonchev–Trinajstić information content (AvgIpc) is 2.80. The number of benzene rings is 1. The summed E-state index contributed by atoms with van der Waals surface area (Å²) in [7, 11) is 0. The van der Waals surface area contributed by atoms with E-state index in [9.17, 15) is 29.4 Å². The molecule has 0 aromatic heterocycles. The van der Waals surface area contributed by atoms with Crippen LogP contribution in [0.5, 0.6) is 0 Å². The minimum Gasteiger partial charge on any atom is -0.480 e. The number of nitrogens with two attached hydrogens (primary N) is 2. The van der Waals surface area contributed by atoms with Gasteiger partial charge in [-0.1, -0.05) is 44.2 Å². The Morgan fingerprint density at radius 2 is 1.46 bits per heavy atom. The van der Waals surface area contributed by atoms with Gasteiger partial charge < -0.3 is 37.6 Å². The summed E-state index contributed by atoms with van der Waals surface area (Å²) < 4.78 is 0. The molecule has 9 N–H and O–H groups in total. The van der Waals surface area contributed by atoms with Crippen LogP contribution in [0.2, 0.25) is 0 Å². The lowest BCUT2D eigenvalue weighted by molar-refractivity contribution is -0.143. The van der Waals surface area contributed by atoms with Crippen molar-refractivity contribution in [1.82, 2.24) is 16.0 Å². The summed E-state index contributed by atoms with van der Waals surface area (Å²) in [5, 5.41) is 26.8. The summed E-state index contributed by atoms with van der Waals surface area (Å²) in [6, 6.07) is 4.47. The van der Waals surface area contributed by atoms with Crippen LogP contribution in [0.1, 0.15) is 45.6 Å². The molecule has 5 atom stereocenters. The Kier molecular flexibility index (Phi) is 12.9. The minimum atomic E-state index is -1.24. The maximum atomic E-state index is 13.2. The van der Waals surface area contributed by atoms with Crippen LogP contribution in [-0.2, 0) is 25.6 Å². The molecule has 0 fully saturated rings. The second-order valence-corrected chi connectivity index (χ2v) is 8.93. The van der Waals surface area contributed by atoms with Crippen LogP contribution in [0, 0.1) is 5.92 Å². The summed E-state index contributed by atoms with van der Waals surface area (Å²) in [5.41, 5.74) is 12.0. The fourth-order valence-electron chi connectivity index (χ4n) is 3.35. The molecule has 3 amide bonds. The number of aliphatic hydroxyl groups excluding tert-OH is 1. The lowest BCUT2D eigenvalue weighted by Gasteiger charge is -2.26. The van der Waals surface area contributed by atoms with Crippen molar-refractivity contribution >= 4 is 23.7 Å². The summed E-state index contributed by atoms with van der Waals surface area (Å²) >= 11 is 0. The van der Waals surface area contributed by atoms with Crippen LogP contribution in [0.25, 0.3) is 0 Å². The van der Waals surface area contributed by atoms with Crippen molar-refractivity contribution in [2.24, 2.45) is 17.4 Å². The smallest absolute Gasteiger partial charge is 0.326 e. The number of carboxylic acids is 1. The van der Waals surface area contributed by atoms with E-state index in [2.05, 4.69) is 16.0 Å². The van der Waals surface area contributed by atoms with Crippen LogP contribution < -0.4 is 27.4 Å². The lowest BCUT2D eigenvalue weighted by atomic mass is 10.0. The van der Waals surface area contributed by atoms with Crippen LogP contribution >= 0.6 is 0 Å². The highest BCUT2D eigenvalue weighted by atomic mass is 16.4. The van der Waals surface area contributed by atoms with Gasteiger partial charge in [0.2, 0.25) is 17.7 Å². The second kappa shape index (κ2) is 15.1. The number of aliphatic hydroxyl groups is 1. The van der Waals surface area contributed by atoms with E-state index < -0.39 is 54.0 Å². The molecule has 1 aromatic carbocycles. The van der Waals surface area contributed by atoms with Gasteiger partial charge in [0.15, 0.2) is 0 Å². The van der Waals surface area contributed by atoms with Gasteiger partial charge in [-0.25, -0.2) is 4.79 Å². The highest BCUT2D eigenvalue weighted by molar-refractivity contribution is 5.94. The topological polar surface area (TPSA) is 197 Å². The zero-order valence-electron chi connectivity index (χ0n) is 20.6. The molecule has 0 saturated carbocycles. The number of unbranched alkanes of at least 4 members (excludes halogenated alkanes) is 1. The molecule has 11 heteroatoms. The number of carbonyl (C=O) groups excluding carboxylic acids is 3. The van der Waals surface area contributed by atoms with E-state index in [1.807, 2.05) is 6.07 Å². The van der Waals surface area contributed by atoms with Crippen molar-refractivity contribution in [3.63, 3.8) is 0 Å². The Morgan fingerprint density at radius 3 is 1.97 bits per heavy atom. The lowest BCUT2D eigenvalue weighted by Crippen LogP contribution is -2.59. The number of carbonyl (C=O) groups is 4. The van der Waals surface area contributed by atoms with Gasteiger partial charge in [-0.15, -0.1) is 0 Å². The largest absolute Gasteiger partial charge is 0.480 e. The van der Waals surface area contributed by atoms with Crippen molar-refractivity contribution < 1.29 is 29.4 Å². The van der Waals surface area contributed by atoms with Gasteiger partial charge in [0, 0.05) is 6.42 Å². The maximum Gasteiger partial charge on any atom is 0.326 e. The highest BCUT2D eigenvalue weighted by Gasteiger charge is 2.31. The van der Waals surface area contributed by atoms with E-state index in [4.69, 9.17) is 11.5 Å². The third kappa shape index (κ3) is 10.4. The van der Waals surface area contributed by atoms with Gasteiger partial charge in [0.05, 0.1) is 6.10 Å². The van der Waals surface area contributed by atoms with E-state index in [0.717, 1.165) is 5.56 Å². The molecule has 1 aromatic rings. The standard InChI is InChI=1S/C24H39N5O6/c1-14(2)20(24(34)35)29-21(31)17(11-7-8-12-25)27-22(32)18(13-16-9-5-4-6-10-16)28-23(33)19(26)15(3)30/h4-6,9-10,14-15,17-20,30H,7-8,11-13,25-26H2,1-3H3,(H,27,32)(H,28,33)(H,29,31)(H,34,35). The molecule has 0 spiro atoms. The first-order valence-electron chi connectivity index (χ1n) is 11.8. The highest BCUT2D eigenvalue weighted by Crippen LogP contribution is 2.09. The zero-order chi connectivity index (χ0) is 26.5. The molecule has 5 unspecified atom stereocenters. The molecule has 0 aliphatic carbocycles. The molecule has 0 saturated heterocycles. The molecule has 1 rings (SSSR count). The minimum absolute atomic E-state index is 0.117. The predicted molar refractivity (Wildman–Crippen MR) is 131 cm³/mol. The first kappa shape index (κ1) is 30.0. The SMILES string of the molecule is CC(C)C(NC(=O)C(CCCCN)NC(=O)C(Cc1ccccc1)NC(=O)C(N)C(C)O)C(=O)O. The van der Waals surface area contributed by atoms with Crippen molar-refractivity contribution in [1.29, 1.82) is 0 Å². The van der Waals surface area contributed by atoms with Crippen LogP contribution in [0.15, 0.2) is 30.3 Å². The van der Waals surface area contributed by atoms with Crippen LogP contribution in [0.4, 0.5) is 0 Å². The zero-order valence-corrected chi connectivity index (χ0v) is 20.6. The van der Waals surface area contributed by atoms with Gasteiger partial charge >= 0.3 is 5.97 Å². The summed E-state index contributed by atoms with van der Waals surface area (Å²) in [6.07, 6.45) is 0.356. The van der Waals surface area contributed by atoms with Crippen molar-refractivity contribution in [3.05, 3.63) is 35.9 Å². The molecular weight excluding hydrogens is 454 g/mol. The fraction of sp³-hybridized carbons (Fsp3) is 0.583. The number of aliphatic carboxylic acids is 1. The van der Waals surface area contributed by atoms with E-state index in [1.165, 1.54) is 6.92 Å². The molecular formula is C24H39N5O6. The average molecular weight is 494 g/mol. The maximum absolute atomic E-state index is 13.2. The molecule has 0 aliphatic heterocycles. The molecule has 196 valence electrons. The number of nitrogens with one attached hydrogen (secondary N) is 3. The number of amides is 3. The summed E-state index contributed by atoms with van der Waals surface area (Å²) in [4.78, 5) is 50.2. The van der Waals surface area contributed by atoms with Gasteiger partial charge in [0.25, 0.3) is 0 Å². The van der Waals surface area contributed by atoms with Crippen LogP contribution in [0.3, 0.4) is 0 Å². The quantitative estimate of drug-likeness (QED) is 0.155. The Balaban J connectivity index is 3.10. The molecule has 0 radical (unpaired) electrons. The number of carboxylic acid groups (broad SMARTS) is 1. The normalized spacial score (nSPS) is 15.4. The molecule has 11 nitrogen and oxygen atoms in total. The van der Waals surface area contributed by atoms with E-state index in [1.54, 1.807) is 38.1 Å². The Labute approximate surface area is 206 Å². The third-order valence-corrected chi connectivity index (χ3v) is 5.55. The van der Waals surface area contributed by atoms with E-state index >= 15 is 0 Å². The van der Waals surface area contributed by atoms with Gasteiger partial charge in [-0.2, -0.15) is 0 Å². The van der Waals surface area contributed by atoms with Crippen LogP contribution in [-0.4, -0.2) is 70.7 Å². The van der Waals surface area contributed by atoms with Crippen molar-refractivity contribution in [2.45, 2.75) is 76.7 Å². The van der Waals surface area contributed by atoms with Gasteiger partial charge in [0.1, 0.15) is 24.2 Å². The second-order valence-electron chi connectivity index (χ2n) is 8.93. The summed E-state index contributed by atoms with van der Waals surface area (Å²) in [5.74, 6) is -3.54. The third-order valence-electron chi connectivity index (χ3n) is 5.55. The number of hydrogen-bond acceptors (Lipinski definition) is 7. The fourth-order valence-corrected chi connectivity index (χ4v) is 3.35. The van der Waals surface area contributed by atoms with E-state index in [0.29, 0.717) is 19.4 Å². The molecule has 0 bridgehead atoms. The first-order chi connectivity index (χ1) is 16.5. The number of rotatable bonds is 15. The Bertz CT molecular complexity index is 833. The first-order valence-corrected chi connectivity index (χ1v) is 11.8. The molecule has 0 aliphatic rings. The number of hydrogen-bond donors (Lipinski definition) is 7. The predicted octanol–water partition coefficient (Wildman–Crippen LogP) is -0.739. The Morgan fingerprint density at radius 1 is 0.886 bits per heavy atom. The van der Waals surface area contributed by atoms with E-state index in [-0.39, 0.29) is 18.8 Å². The van der Waals surface area contributed by atoms with Crippen molar-refractivity contribution in [3.8, 4) is 0 Å².